The number of aliphatic hydroxyl groups is 1. The second kappa shape index (κ2) is 6.02. The van der Waals surface area contributed by atoms with E-state index < -0.39 is 5.60 Å². The van der Waals surface area contributed by atoms with E-state index in [1.165, 1.54) is 32.5 Å². The number of nitrogens with zero attached hydrogens (tertiary/aromatic N) is 1. The van der Waals surface area contributed by atoms with E-state index >= 15 is 0 Å². The second-order valence-electron chi connectivity index (χ2n) is 6.07. The molecule has 0 aromatic carbocycles. The van der Waals surface area contributed by atoms with Crippen molar-refractivity contribution in [3.8, 4) is 0 Å². The molecule has 2 heteroatoms. The average molecular weight is 227 g/mol. The highest BCUT2D eigenvalue weighted by atomic mass is 16.3. The molecule has 1 rings (SSSR count). The maximum atomic E-state index is 9.97. The van der Waals surface area contributed by atoms with Crippen LogP contribution < -0.4 is 0 Å². The largest absolute Gasteiger partial charge is 0.390 e. The molecule has 1 unspecified atom stereocenters. The molecule has 2 nitrogen and oxygen atoms in total. The number of piperidine rings is 1. The zero-order valence-electron chi connectivity index (χ0n) is 11.5. The minimum Gasteiger partial charge on any atom is -0.390 e. The Morgan fingerprint density at radius 2 is 1.88 bits per heavy atom. The summed E-state index contributed by atoms with van der Waals surface area (Å²) < 4.78 is 0. The van der Waals surface area contributed by atoms with Crippen molar-refractivity contribution < 1.29 is 5.11 Å². The average Bonchev–Trinajstić information content (AvgIpc) is 2.25. The van der Waals surface area contributed by atoms with E-state index in [4.69, 9.17) is 0 Å². The van der Waals surface area contributed by atoms with E-state index in [1.807, 2.05) is 13.8 Å². The molecular formula is C14H29NO. The summed E-state index contributed by atoms with van der Waals surface area (Å²) in [5, 5.41) is 9.97. The molecule has 1 aliphatic heterocycles. The van der Waals surface area contributed by atoms with Gasteiger partial charge in [0.05, 0.1) is 5.60 Å². The van der Waals surface area contributed by atoms with Gasteiger partial charge in [-0.2, -0.15) is 0 Å². The monoisotopic (exact) mass is 227 g/mol. The Hall–Kier alpha value is -0.0800. The lowest BCUT2D eigenvalue weighted by Gasteiger charge is -2.38. The van der Waals surface area contributed by atoms with Gasteiger partial charge in [-0.3, -0.25) is 0 Å². The fourth-order valence-electron chi connectivity index (χ4n) is 2.47. The van der Waals surface area contributed by atoms with Crippen molar-refractivity contribution >= 4 is 0 Å². The first-order valence-electron chi connectivity index (χ1n) is 6.88. The Morgan fingerprint density at radius 3 is 2.31 bits per heavy atom. The molecule has 1 aliphatic rings. The van der Waals surface area contributed by atoms with E-state index in [0.717, 1.165) is 18.8 Å². The van der Waals surface area contributed by atoms with Gasteiger partial charge in [-0.05, 0) is 64.6 Å². The summed E-state index contributed by atoms with van der Waals surface area (Å²) in [5.74, 6) is 1.35. The first-order valence-corrected chi connectivity index (χ1v) is 6.88. The third-order valence-electron chi connectivity index (χ3n) is 4.22. The van der Waals surface area contributed by atoms with Crippen LogP contribution in [0.1, 0.15) is 53.4 Å². The zero-order chi connectivity index (χ0) is 12.2. The molecule has 96 valence electrons. The first kappa shape index (κ1) is 14.0. The highest BCUT2D eigenvalue weighted by molar-refractivity contribution is 4.83. The van der Waals surface area contributed by atoms with Gasteiger partial charge in [0, 0.05) is 0 Å². The standard InChI is InChI=1S/C14H29NO/c1-5-12(2)6-9-15-10-7-13(8-11-15)14(3,4)16/h12-13,16H,5-11H2,1-4H3. The number of hydrogen-bond donors (Lipinski definition) is 1. The normalized spacial score (nSPS) is 22.3. The lowest BCUT2D eigenvalue weighted by atomic mass is 9.83. The molecule has 0 saturated carbocycles. The molecular weight excluding hydrogens is 198 g/mol. The van der Waals surface area contributed by atoms with Gasteiger partial charge in [0.1, 0.15) is 0 Å². The Kier molecular flexibility index (Phi) is 5.26. The van der Waals surface area contributed by atoms with Gasteiger partial charge in [0.2, 0.25) is 0 Å². The summed E-state index contributed by atoms with van der Waals surface area (Å²) in [6, 6.07) is 0. The Labute approximate surface area is 101 Å². The second-order valence-corrected chi connectivity index (χ2v) is 6.07. The lowest BCUT2D eigenvalue weighted by molar-refractivity contribution is -0.0130. The summed E-state index contributed by atoms with van der Waals surface area (Å²) in [6.07, 6.45) is 4.93. The van der Waals surface area contributed by atoms with E-state index in [9.17, 15) is 5.11 Å². The molecule has 0 aromatic rings. The summed E-state index contributed by atoms with van der Waals surface area (Å²) in [4.78, 5) is 2.56. The van der Waals surface area contributed by atoms with Crippen LogP contribution >= 0.6 is 0 Å². The van der Waals surface area contributed by atoms with Crippen molar-refractivity contribution in [3.05, 3.63) is 0 Å². The predicted molar refractivity (Wildman–Crippen MR) is 69.5 cm³/mol. The molecule has 1 atom stereocenters. The van der Waals surface area contributed by atoms with E-state index in [2.05, 4.69) is 18.7 Å². The third-order valence-corrected chi connectivity index (χ3v) is 4.22. The van der Waals surface area contributed by atoms with Crippen LogP contribution in [-0.4, -0.2) is 35.2 Å². The minimum atomic E-state index is -0.483. The minimum absolute atomic E-state index is 0.483. The SMILES string of the molecule is CCC(C)CCN1CCC(C(C)(C)O)CC1. The Balaban J connectivity index is 2.22. The topological polar surface area (TPSA) is 23.5 Å². The summed E-state index contributed by atoms with van der Waals surface area (Å²) in [7, 11) is 0. The van der Waals surface area contributed by atoms with Gasteiger partial charge in [-0.25, -0.2) is 0 Å². The molecule has 0 bridgehead atoms. The molecule has 1 saturated heterocycles. The van der Waals surface area contributed by atoms with Gasteiger partial charge in [-0.1, -0.05) is 20.3 Å². The van der Waals surface area contributed by atoms with Crippen molar-refractivity contribution in [1.82, 2.24) is 4.90 Å². The van der Waals surface area contributed by atoms with Crippen LogP contribution in [-0.2, 0) is 0 Å². The number of rotatable bonds is 5. The van der Waals surface area contributed by atoms with Gasteiger partial charge in [0.25, 0.3) is 0 Å². The molecule has 0 spiro atoms. The van der Waals surface area contributed by atoms with Crippen LogP contribution in [0, 0.1) is 11.8 Å². The van der Waals surface area contributed by atoms with Crippen LogP contribution in [0.5, 0.6) is 0 Å². The van der Waals surface area contributed by atoms with Gasteiger partial charge in [-0.15, -0.1) is 0 Å². The zero-order valence-corrected chi connectivity index (χ0v) is 11.5. The fraction of sp³-hybridized carbons (Fsp3) is 1.00. The van der Waals surface area contributed by atoms with Gasteiger partial charge in [0.15, 0.2) is 0 Å². The maximum absolute atomic E-state index is 9.97. The number of likely N-dealkylation sites (tertiary alicyclic amines) is 1. The summed E-state index contributed by atoms with van der Waals surface area (Å²) >= 11 is 0. The van der Waals surface area contributed by atoms with Crippen molar-refractivity contribution in [3.63, 3.8) is 0 Å². The van der Waals surface area contributed by atoms with Crippen molar-refractivity contribution in [2.75, 3.05) is 19.6 Å². The van der Waals surface area contributed by atoms with Gasteiger partial charge < -0.3 is 10.0 Å². The highest BCUT2D eigenvalue weighted by Crippen LogP contribution is 2.27. The van der Waals surface area contributed by atoms with Crippen LogP contribution in [0.4, 0.5) is 0 Å². The van der Waals surface area contributed by atoms with Crippen LogP contribution in [0.15, 0.2) is 0 Å². The van der Waals surface area contributed by atoms with Crippen LogP contribution in [0.3, 0.4) is 0 Å². The van der Waals surface area contributed by atoms with Crippen molar-refractivity contribution in [2.45, 2.75) is 59.0 Å². The van der Waals surface area contributed by atoms with E-state index in [-0.39, 0.29) is 0 Å². The lowest BCUT2D eigenvalue weighted by Crippen LogP contribution is -2.42. The molecule has 0 radical (unpaired) electrons. The molecule has 1 N–H and O–H groups in total. The molecule has 0 aromatic heterocycles. The van der Waals surface area contributed by atoms with Crippen LogP contribution in [0.2, 0.25) is 0 Å². The highest BCUT2D eigenvalue weighted by Gasteiger charge is 2.30. The molecule has 0 aliphatic carbocycles. The van der Waals surface area contributed by atoms with E-state index in [1.54, 1.807) is 0 Å². The molecule has 16 heavy (non-hydrogen) atoms. The summed E-state index contributed by atoms with van der Waals surface area (Å²) in [5.41, 5.74) is -0.483. The quantitative estimate of drug-likeness (QED) is 0.780. The van der Waals surface area contributed by atoms with E-state index in [0.29, 0.717) is 5.92 Å². The third kappa shape index (κ3) is 4.42. The van der Waals surface area contributed by atoms with Crippen molar-refractivity contribution in [1.29, 1.82) is 0 Å². The van der Waals surface area contributed by atoms with Gasteiger partial charge >= 0.3 is 0 Å². The maximum Gasteiger partial charge on any atom is 0.0620 e. The molecule has 1 heterocycles. The Bertz CT molecular complexity index is 189. The number of hydrogen-bond acceptors (Lipinski definition) is 2. The smallest absolute Gasteiger partial charge is 0.0620 e. The fourth-order valence-corrected chi connectivity index (χ4v) is 2.47. The molecule has 1 fully saturated rings. The predicted octanol–water partition coefficient (Wildman–Crippen LogP) is 2.91. The molecule has 0 amide bonds. The summed E-state index contributed by atoms with van der Waals surface area (Å²) in [6.45, 7) is 12.1. The van der Waals surface area contributed by atoms with Crippen LogP contribution in [0.25, 0.3) is 0 Å². The Morgan fingerprint density at radius 1 is 1.31 bits per heavy atom. The van der Waals surface area contributed by atoms with Crippen molar-refractivity contribution in [2.24, 2.45) is 11.8 Å². The first-order chi connectivity index (χ1) is 7.43.